The van der Waals surface area contributed by atoms with Crippen LogP contribution >= 0.6 is 0 Å². The van der Waals surface area contributed by atoms with Gasteiger partial charge in [0.15, 0.2) is 0 Å². The third kappa shape index (κ3) is 3.19. The van der Waals surface area contributed by atoms with Gasteiger partial charge < -0.3 is 15.3 Å². The summed E-state index contributed by atoms with van der Waals surface area (Å²) in [4.78, 5) is 11.9. The fourth-order valence-electron chi connectivity index (χ4n) is 3.90. The van der Waals surface area contributed by atoms with Gasteiger partial charge in [-0.15, -0.1) is 0 Å². The molecule has 29 heavy (non-hydrogen) atoms. The van der Waals surface area contributed by atoms with Crippen LogP contribution in [0.1, 0.15) is 40.4 Å². The predicted octanol–water partition coefficient (Wildman–Crippen LogP) is 3.14. The number of aliphatic hydroxyl groups is 2. The molecule has 0 amide bonds. The highest BCUT2D eigenvalue weighted by Gasteiger charge is 2.35. The Morgan fingerprint density at radius 1 is 1.00 bits per heavy atom. The van der Waals surface area contributed by atoms with Crippen LogP contribution in [-0.4, -0.2) is 34.5 Å². The number of hydrogen-bond acceptors (Lipinski definition) is 5. The van der Waals surface area contributed by atoms with Crippen LogP contribution in [0.25, 0.3) is 16.7 Å². The largest absolute Gasteiger partial charge is 0.478 e. The number of carbonyl (C=O) groups is 1. The number of hydrogen-bond donors (Lipinski definition) is 3. The van der Waals surface area contributed by atoms with Gasteiger partial charge in [0.25, 0.3) is 0 Å². The van der Waals surface area contributed by atoms with Crippen molar-refractivity contribution in [2.75, 3.05) is 13.2 Å². The molecule has 0 radical (unpaired) electrons. The number of aromatic carboxylic acids is 1. The van der Waals surface area contributed by atoms with Crippen molar-refractivity contribution in [1.82, 2.24) is 0 Å². The minimum atomic E-state index is -1.11. The van der Waals surface area contributed by atoms with Gasteiger partial charge in [0.1, 0.15) is 17.7 Å². The Kier molecular flexibility index (Phi) is 5.52. The predicted molar refractivity (Wildman–Crippen MR) is 107 cm³/mol. The number of allylic oxidation sites excluding steroid dienone is 1. The first-order chi connectivity index (χ1) is 14.0. The summed E-state index contributed by atoms with van der Waals surface area (Å²) in [6, 6.07) is 14.1. The average molecular weight is 388 g/mol. The van der Waals surface area contributed by atoms with E-state index >= 15 is 0 Å². The molecule has 0 saturated heterocycles. The van der Waals surface area contributed by atoms with E-state index < -0.39 is 11.4 Å². The minimum Gasteiger partial charge on any atom is -0.478 e. The van der Waals surface area contributed by atoms with Gasteiger partial charge in [-0.3, -0.25) is 0 Å². The summed E-state index contributed by atoms with van der Waals surface area (Å²) >= 11 is 0. The standard InChI is InChI=1S/C23H20N2O4/c1-2-23(12-26,13-27)9-14-7-8-18(22(28)29)21-17-6-4-3-5-16(17)19(20(14)21)15(10-24)11-25/h3-8,26-27H,2,9,12-13H2,1H3,(H,28,29). The molecule has 3 rings (SSSR count). The number of rotatable bonds is 6. The molecule has 2 aromatic carbocycles. The number of nitrogens with zero attached hydrogens (tertiary/aromatic N) is 2. The van der Waals surface area contributed by atoms with E-state index in [0.717, 1.165) is 0 Å². The van der Waals surface area contributed by atoms with Gasteiger partial charge in [0.05, 0.1) is 18.8 Å². The second-order valence-electron chi connectivity index (χ2n) is 7.19. The molecule has 0 aromatic heterocycles. The summed E-state index contributed by atoms with van der Waals surface area (Å²) in [5.74, 6) is -1.11. The Labute approximate surface area is 168 Å². The van der Waals surface area contributed by atoms with E-state index in [2.05, 4.69) is 0 Å². The monoisotopic (exact) mass is 388 g/mol. The van der Waals surface area contributed by atoms with Crippen LogP contribution in [0, 0.1) is 28.1 Å². The topological polar surface area (TPSA) is 125 Å². The van der Waals surface area contributed by atoms with E-state index in [1.54, 1.807) is 30.3 Å². The Balaban J connectivity index is 2.43. The SMILES string of the molecule is CCC(CO)(CO)Cc1ccc(C(=O)O)c2c1C(=C(C#N)C#N)c1ccccc1-2. The molecule has 0 bridgehead atoms. The molecule has 1 aliphatic carbocycles. The zero-order valence-electron chi connectivity index (χ0n) is 15.9. The van der Waals surface area contributed by atoms with Gasteiger partial charge in [0.2, 0.25) is 0 Å². The van der Waals surface area contributed by atoms with Crippen molar-refractivity contribution >= 4 is 11.5 Å². The van der Waals surface area contributed by atoms with Gasteiger partial charge in [-0.25, -0.2) is 4.79 Å². The highest BCUT2D eigenvalue weighted by atomic mass is 16.4. The van der Waals surface area contributed by atoms with Crippen molar-refractivity contribution in [3.05, 3.63) is 64.2 Å². The summed E-state index contributed by atoms with van der Waals surface area (Å²) in [7, 11) is 0. The normalized spacial score (nSPS) is 12.0. The Hall–Kier alpha value is -3.45. The quantitative estimate of drug-likeness (QED) is 0.557. The number of fused-ring (bicyclic) bond motifs is 3. The molecular weight excluding hydrogens is 368 g/mol. The first-order valence-electron chi connectivity index (χ1n) is 9.22. The molecule has 0 saturated carbocycles. The van der Waals surface area contributed by atoms with Crippen molar-refractivity contribution in [2.24, 2.45) is 5.41 Å². The van der Waals surface area contributed by atoms with E-state index in [1.165, 1.54) is 6.07 Å². The maximum Gasteiger partial charge on any atom is 0.336 e. The van der Waals surface area contributed by atoms with E-state index in [0.29, 0.717) is 39.8 Å². The van der Waals surface area contributed by atoms with Gasteiger partial charge >= 0.3 is 5.97 Å². The molecule has 0 spiro atoms. The number of nitriles is 2. The summed E-state index contributed by atoms with van der Waals surface area (Å²) in [6.07, 6.45) is 0.783. The molecule has 6 nitrogen and oxygen atoms in total. The molecule has 6 heteroatoms. The number of benzene rings is 2. The van der Waals surface area contributed by atoms with Crippen LogP contribution in [0.3, 0.4) is 0 Å². The highest BCUT2D eigenvalue weighted by Crippen LogP contribution is 2.49. The first-order valence-corrected chi connectivity index (χ1v) is 9.22. The van der Waals surface area contributed by atoms with Crippen LogP contribution in [0.4, 0.5) is 0 Å². The number of aliphatic hydroxyl groups excluding tert-OH is 2. The summed E-state index contributed by atoms with van der Waals surface area (Å²) in [6.45, 7) is 1.37. The Morgan fingerprint density at radius 2 is 1.62 bits per heavy atom. The van der Waals surface area contributed by atoms with Crippen molar-refractivity contribution in [1.29, 1.82) is 10.5 Å². The number of carboxylic acids is 1. The van der Waals surface area contributed by atoms with Crippen LogP contribution in [0.5, 0.6) is 0 Å². The van der Waals surface area contributed by atoms with E-state index in [-0.39, 0.29) is 30.8 Å². The van der Waals surface area contributed by atoms with Crippen molar-refractivity contribution in [3.63, 3.8) is 0 Å². The van der Waals surface area contributed by atoms with E-state index in [4.69, 9.17) is 0 Å². The van der Waals surface area contributed by atoms with E-state index in [9.17, 15) is 30.6 Å². The first kappa shape index (κ1) is 20.3. The molecule has 0 heterocycles. The van der Waals surface area contributed by atoms with Crippen LogP contribution < -0.4 is 0 Å². The molecule has 3 N–H and O–H groups in total. The second kappa shape index (κ2) is 7.89. The zero-order chi connectivity index (χ0) is 21.2. The summed E-state index contributed by atoms with van der Waals surface area (Å²) in [5.41, 5.74) is 2.53. The van der Waals surface area contributed by atoms with Crippen LogP contribution in [-0.2, 0) is 6.42 Å². The molecule has 1 aliphatic rings. The van der Waals surface area contributed by atoms with E-state index in [1.807, 2.05) is 19.1 Å². The molecule has 2 aromatic rings. The lowest BCUT2D eigenvalue weighted by atomic mass is 9.78. The molecular formula is C23H20N2O4. The zero-order valence-corrected chi connectivity index (χ0v) is 15.9. The molecule has 0 atom stereocenters. The van der Waals surface area contributed by atoms with Gasteiger partial charge in [-0.1, -0.05) is 37.3 Å². The van der Waals surface area contributed by atoms with Gasteiger partial charge in [-0.05, 0) is 41.2 Å². The second-order valence-corrected chi connectivity index (χ2v) is 7.19. The third-order valence-corrected chi connectivity index (χ3v) is 5.70. The Bertz CT molecular complexity index is 1070. The van der Waals surface area contributed by atoms with Gasteiger partial charge in [0, 0.05) is 16.6 Å². The highest BCUT2D eigenvalue weighted by molar-refractivity contribution is 6.11. The lowest BCUT2D eigenvalue weighted by Gasteiger charge is -2.29. The Morgan fingerprint density at radius 3 is 2.14 bits per heavy atom. The lowest BCUT2D eigenvalue weighted by Crippen LogP contribution is -2.32. The summed E-state index contributed by atoms with van der Waals surface area (Å²) < 4.78 is 0. The van der Waals surface area contributed by atoms with Gasteiger partial charge in [-0.2, -0.15) is 10.5 Å². The fourth-order valence-corrected chi connectivity index (χ4v) is 3.90. The average Bonchev–Trinajstić information content (AvgIpc) is 3.09. The molecule has 0 aliphatic heterocycles. The maximum atomic E-state index is 11.9. The number of carboxylic acid groups (broad SMARTS) is 1. The minimum absolute atomic E-state index is 0.0801. The molecule has 0 unspecified atom stereocenters. The van der Waals surface area contributed by atoms with Crippen molar-refractivity contribution < 1.29 is 20.1 Å². The molecule has 146 valence electrons. The lowest BCUT2D eigenvalue weighted by molar-refractivity contribution is 0.0513. The third-order valence-electron chi connectivity index (χ3n) is 5.70. The van der Waals surface area contributed by atoms with Crippen molar-refractivity contribution in [3.8, 4) is 23.3 Å². The van der Waals surface area contributed by atoms with Crippen molar-refractivity contribution in [2.45, 2.75) is 19.8 Å². The smallest absolute Gasteiger partial charge is 0.336 e. The molecule has 0 fully saturated rings. The summed E-state index contributed by atoms with van der Waals surface area (Å²) in [5, 5.41) is 48.7. The van der Waals surface area contributed by atoms with Crippen LogP contribution in [0.2, 0.25) is 0 Å². The fraction of sp³-hybridized carbons (Fsp3) is 0.261. The van der Waals surface area contributed by atoms with Crippen LogP contribution in [0.15, 0.2) is 42.0 Å². The maximum absolute atomic E-state index is 11.9.